The van der Waals surface area contributed by atoms with Crippen LogP contribution in [0.3, 0.4) is 0 Å². The Kier molecular flexibility index (Phi) is 3.61. The van der Waals surface area contributed by atoms with Gasteiger partial charge in [-0.3, -0.25) is 4.79 Å². The maximum Gasteiger partial charge on any atom is 0.225 e. The first-order valence-corrected chi connectivity index (χ1v) is 8.65. The van der Waals surface area contributed by atoms with Gasteiger partial charge in [-0.2, -0.15) is 0 Å². The summed E-state index contributed by atoms with van der Waals surface area (Å²) in [7, 11) is 0. The van der Waals surface area contributed by atoms with E-state index in [1.165, 1.54) is 17.4 Å². The summed E-state index contributed by atoms with van der Waals surface area (Å²) < 4.78 is 0. The Morgan fingerprint density at radius 2 is 1.95 bits per heavy atom. The Bertz CT molecular complexity index is 696. The molecule has 2 aromatic rings. The van der Waals surface area contributed by atoms with Crippen LogP contribution in [0.4, 0.5) is 0 Å². The van der Waals surface area contributed by atoms with Crippen LogP contribution in [0, 0.1) is 5.92 Å². The van der Waals surface area contributed by atoms with Gasteiger partial charge in [0.15, 0.2) is 0 Å². The molecule has 1 saturated carbocycles. The van der Waals surface area contributed by atoms with Crippen LogP contribution in [0.25, 0.3) is 10.9 Å². The van der Waals surface area contributed by atoms with Crippen molar-refractivity contribution in [1.82, 2.24) is 9.88 Å². The molecule has 1 aliphatic carbocycles. The van der Waals surface area contributed by atoms with E-state index in [2.05, 4.69) is 22.1 Å². The van der Waals surface area contributed by atoms with Gasteiger partial charge in [-0.25, -0.2) is 0 Å². The molecule has 4 rings (SSSR count). The van der Waals surface area contributed by atoms with Crippen molar-refractivity contribution >= 4 is 28.4 Å². The molecule has 2 aliphatic rings. The number of hydrogen-bond donors (Lipinski definition) is 1. The Labute approximate surface area is 135 Å². The first kappa shape index (κ1) is 14.1. The molecular formula is C18H21ClN2O. The monoisotopic (exact) mass is 316 g/mol. The number of piperidine rings is 1. The van der Waals surface area contributed by atoms with Gasteiger partial charge < -0.3 is 9.88 Å². The van der Waals surface area contributed by atoms with Gasteiger partial charge >= 0.3 is 0 Å². The molecule has 0 spiro atoms. The number of carbonyl (C=O) groups is 1. The zero-order chi connectivity index (χ0) is 15.1. The molecule has 1 aliphatic heterocycles. The predicted molar refractivity (Wildman–Crippen MR) is 89.2 cm³/mol. The summed E-state index contributed by atoms with van der Waals surface area (Å²) in [6.07, 6.45) is 7.65. The highest BCUT2D eigenvalue weighted by Crippen LogP contribution is 2.36. The lowest BCUT2D eigenvalue weighted by molar-refractivity contribution is -0.139. The van der Waals surface area contributed by atoms with Crippen molar-refractivity contribution in [2.45, 2.75) is 38.0 Å². The van der Waals surface area contributed by atoms with E-state index in [1.54, 1.807) is 0 Å². The van der Waals surface area contributed by atoms with Crippen molar-refractivity contribution in [3.63, 3.8) is 0 Å². The molecule has 1 aromatic carbocycles. The van der Waals surface area contributed by atoms with Gasteiger partial charge in [0, 0.05) is 41.1 Å². The summed E-state index contributed by atoms with van der Waals surface area (Å²) in [5.41, 5.74) is 2.50. The molecule has 4 heteroatoms. The Balaban J connectivity index is 1.48. The highest BCUT2D eigenvalue weighted by molar-refractivity contribution is 6.31. The van der Waals surface area contributed by atoms with Crippen molar-refractivity contribution in [3.05, 3.63) is 35.0 Å². The molecule has 0 unspecified atom stereocenters. The molecule has 1 amide bonds. The maximum absolute atomic E-state index is 12.3. The number of benzene rings is 1. The first-order chi connectivity index (χ1) is 10.7. The van der Waals surface area contributed by atoms with E-state index in [1.807, 2.05) is 12.1 Å². The van der Waals surface area contributed by atoms with Crippen molar-refractivity contribution < 1.29 is 4.79 Å². The summed E-state index contributed by atoms with van der Waals surface area (Å²) in [6.45, 7) is 1.79. The molecule has 0 bridgehead atoms. The number of amides is 1. The van der Waals surface area contributed by atoms with Crippen LogP contribution >= 0.6 is 11.6 Å². The normalized spacial score (nSPS) is 20.3. The highest BCUT2D eigenvalue weighted by Gasteiger charge is 2.32. The average Bonchev–Trinajstić information content (AvgIpc) is 2.88. The summed E-state index contributed by atoms with van der Waals surface area (Å²) in [5, 5.41) is 2.02. The second-order valence-electron chi connectivity index (χ2n) is 6.66. The largest absolute Gasteiger partial charge is 0.361 e. The minimum atomic E-state index is 0.323. The van der Waals surface area contributed by atoms with Gasteiger partial charge in [-0.1, -0.05) is 18.0 Å². The lowest BCUT2D eigenvalue weighted by atomic mass is 9.83. The Hall–Kier alpha value is -1.48. The van der Waals surface area contributed by atoms with E-state index in [9.17, 15) is 4.79 Å². The smallest absolute Gasteiger partial charge is 0.225 e. The van der Waals surface area contributed by atoms with Gasteiger partial charge in [0.1, 0.15) is 0 Å². The summed E-state index contributed by atoms with van der Waals surface area (Å²) >= 11 is 6.14. The topological polar surface area (TPSA) is 36.1 Å². The zero-order valence-electron chi connectivity index (χ0n) is 12.6. The van der Waals surface area contributed by atoms with Crippen LogP contribution in [0.2, 0.25) is 5.02 Å². The lowest BCUT2D eigenvalue weighted by Gasteiger charge is -2.36. The molecule has 1 aromatic heterocycles. The van der Waals surface area contributed by atoms with Crippen LogP contribution in [0.5, 0.6) is 0 Å². The van der Waals surface area contributed by atoms with Crippen molar-refractivity contribution in [3.8, 4) is 0 Å². The van der Waals surface area contributed by atoms with E-state index >= 15 is 0 Å². The number of fused-ring (bicyclic) bond motifs is 1. The van der Waals surface area contributed by atoms with E-state index in [0.717, 1.165) is 49.3 Å². The number of aromatic amines is 1. The van der Waals surface area contributed by atoms with E-state index < -0.39 is 0 Å². The molecule has 22 heavy (non-hydrogen) atoms. The Morgan fingerprint density at radius 1 is 1.18 bits per heavy atom. The predicted octanol–water partition coefficient (Wildman–Crippen LogP) is 4.33. The summed E-state index contributed by atoms with van der Waals surface area (Å²) in [6, 6.07) is 6.01. The van der Waals surface area contributed by atoms with E-state index in [0.29, 0.717) is 17.7 Å². The third-order valence-electron chi connectivity index (χ3n) is 5.38. The van der Waals surface area contributed by atoms with Gasteiger partial charge in [0.25, 0.3) is 0 Å². The number of carbonyl (C=O) groups excluding carboxylic acids is 1. The number of H-pyrrole nitrogens is 1. The number of likely N-dealkylation sites (tertiary alicyclic amines) is 1. The number of rotatable bonds is 2. The lowest BCUT2D eigenvalue weighted by Crippen LogP contribution is -2.43. The second-order valence-corrected chi connectivity index (χ2v) is 7.10. The fraction of sp³-hybridized carbons (Fsp3) is 0.500. The second kappa shape index (κ2) is 5.62. The summed E-state index contributed by atoms with van der Waals surface area (Å²) in [4.78, 5) is 17.8. The summed E-state index contributed by atoms with van der Waals surface area (Å²) in [5.74, 6) is 1.24. The SMILES string of the molecule is O=C(C1CCC1)N1CCC(c2c[nH]c3ccc(Cl)cc23)CC1. The fourth-order valence-electron chi connectivity index (χ4n) is 3.78. The molecule has 3 nitrogen and oxygen atoms in total. The van der Waals surface area contributed by atoms with E-state index in [4.69, 9.17) is 11.6 Å². The molecule has 2 heterocycles. The standard InChI is InChI=1S/C18H21ClN2O/c19-14-4-5-17-15(10-14)16(11-20-17)12-6-8-21(9-7-12)18(22)13-2-1-3-13/h4-5,10-13,20H,1-3,6-9H2. The number of nitrogens with zero attached hydrogens (tertiary/aromatic N) is 1. The first-order valence-electron chi connectivity index (χ1n) is 8.27. The quantitative estimate of drug-likeness (QED) is 0.879. The molecule has 116 valence electrons. The molecule has 0 radical (unpaired) electrons. The molecule has 1 saturated heterocycles. The van der Waals surface area contributed by atoms with Crippen LogP contribution < -0.4 is 0 Å². The molecule has 0 atom stereocenters. The third kappa shape index (κ3) is 2.41. The number of hydrogen-bond acceptors (Lipinski definition) is 1. The Morgan fingerprint density at radius 3 is 2.64 bits per heavy atom. The van der Waals surface area contributed by atoms with Crippen molar-refractivity contribution in [2.24, 2.45) is 5.92 Å². The van der Waals surface area contributed by atoms with Gasteiger partial charge in [-0.05, 0) is 55.4 Å². The van der Waals surface area contributed by atoms with Crippen molar-refractivity contribution in [1.29, 1.82) is 0 Å². The third-order valence-corrected chi connectivity index (χ3v) is 5.61. The van der Waals surface area contributed by atoms with Gasteiger partial charge in [-0.15, -0.1) is 0 Å². The number of aromatic nitrogens is 1. The molecular weight excluding hydrogens is 296 g/mol. The minimum absolute atomic E-state index is 0.323. The zero-order valence-corrected chi connectivity index (χ0v) is 13.4. The minimum Gasteiger partial charge on any atom is -0.361 e. The average molecular weight is 317 g/mol. The van der Waals surface area contributed by atoms with Crippen LogP contribution in [0.15, 0.2) is 24.4 Å². The van der Waals surface area contributed by atoms with Crippen molar-refractivity contribution in [2.75, 3.05) is 13.1 Å². The van der Waals surface area contributed by atoms with Gasteiger partial charge in [0.05, 0.1) is 0 Å². The van der Waals surface area contributed by atoms with E-state index in [-0.39, 0.29) is 0 Å². The number of nitrogens with one attached hydrogen (secondary N) is 1. The molecule has 1 N–H and O–H groups in total. The molecule has 2 fully saturated rings. The maximum atomic E-state index is 12.3. The van der Waals surface area contributed by atoms with Crippen LogP contribution in [-0.2, 0) is 4.79 Å². The number of halogens is 1. The fourth-order valence-corrected chi connectivity index (χ4v) is 3.95. The van der Waals surface area contributed by atoms with Gasteiger partial charge in [0.2, 0.25) is 5.91 Å². The van der Waals surface area contributed by atoms with Crippen LogP contribution in [-0.4, -0.2) is 28.9 Å². The van der Waals surface area contributed by atoms with Crippen LogP contribution in [0.1, 0.15) is 43.6 Å². The highest BCUT2D eigenvalue weighted by atomic mass is 35.5.